The van der Waals surface area contributed by atoms with E-state index >= 15 is 0 Å². The Kier molecular flexibility index (Phi) is 4.94. The van der Waals surface area contributed by atoms with Crippen molar-refractivity contribution in [3.8, 4) is 5.88 Å². The number of aromatic nitrogens is 1. The summed E-state index contributed by atoms with van der Waals surface area (Å²) < 4.78 is 87.9. The highest BCUT2D eigenvalue weighted by molar-refractivity contribution is 5.69. The van der Waals surface area contributed by atoms with Crippen LogP contribution in [0, 0.1) is 5.41 Å². The van der Waals surface area contributed by atoms with E-state index in [0.717, 1.165) is 0 Å². The lowest BCUT2D eigenvalue weighted by molar-refractivity contribution is -0.162. The number of carbonyl (C=O) groups is 1. The summed E-state index contributed by atoms with van der Waals surface area (Å²) in [5.41, 5.74) is -4.49. The Labute approximate surface area is 163 Å². The molecule has 3 rings (SSSR count). The normalized spacial score (nSPS) is 19.6. The first-order chi connectivity index (χ1) is 13.1. The number of rotatable bonds is 2. The number of ether oxygens (including phenoxy) is 2. The Morgan fingerprint density at radius 2 is 1.62 bits per heavy atom. The molecule has 0 N–H and O–H groups in total. The molecule has 0 bridgehead atoms. The molecule has 11 heteroatoms. The molecule has 2 aliphatic rings. The van der Waals surface area contributed by atoms with Crippen LogP contribution < -0.4 is 4.74 Å². The number of nitrogens with zero attached hydrogens (tertiary/aromatic N) is 2. The highest BCUT2D eigenvalue weighted by atomic mass is 19.4. The third kappa shape index (κ3) is 4.69. The van der Waals surface area contributed by atoms with E-state index in [9.17, 15) is 31.1 Å². The SMILES string of the molecule is CC(C)(C)OC(=O)N1CC2(CC(Oc3cc(C(F)(F)F)c(C(F)(F)F)cn3)C2)C1. The van der Waals surface area contributed by atoms with E-state index in [2.05, 4.69) is 4.98 Å². The molecule has 5 nitrogen and oxygen atoms in total. The number of pyridine rings is 1. The third-order valence-corrected chi connectivity index (χ3v) is 4.80. The van der Waals surface area contributed by atoms with Gasteiger partial charge in [0, 0.05) is 30.8 Å². The second-order valence-electron chi connectivity index (χ2n) is 8.55. The van der Waals surface area contributed by atoms with Crippen LogP contribution in [0.25, 0.3) is 0 Å². The van der Waals surface area contributed by atoms with Crippen LogP contribution in [0.2, 0.25) is 0 Å². The second kappa shape index (κ2) is 6.66. The molecule has 0 aromatic carbocycles. The van der Waals surface area contributed by atoms with Crippen molar-refractivity contribution >= 4 is 6.09 Å². The highest BCUT2D eigenvalue weighted by Crippen LogP contribution is 2.50. The first-order valence-electron chi connectivity index (χ1n) is 8.87. The molecule has 1 amide bonds. The largest absolute Gasteiger partial charge is 0.474 e. The maximum Gasteiger partial charge on any atom is 0.418 e. The van der Waals surface area contributed by atoms with Gasteiger partial charge in [-0.05, 0) is 33.6 Å². The van der Waals surface area contributed by atoms with Crippen LogP contribution >= 0.6 is 0 Å². The maximum atomic E-state index is 13.0. The molecule has 1 aromatic heterocycles. The standard InChI is InChI=1S/C18H20F6N2O3/c1-15(2,3)29-14(27)26-8-16(9-26)5-10(6-16)28-13-4-11(17(19,20)21)12(7-25-13)18(22,23)24/h4,7,10H,5-6,8-9H2,1-3H3. The maximum absolute atomic E-state index is 13.0. The lowest BCUT2D eigenvalue weighted by atomic mass is 9.62. The summed E-state index contributed by atoms with van der Waals surface area (Å²) in [6.07, 6.45) is -10.2. The Morgan fingerprint density at radius 3 is 2.10 bits per heavy atom. The lowest BCUT2D eigenvalue weighted by Gasteiger charge is -2.57. The average Bonchev–Trinajstić information content (AvgIpc) is 2.44. The minimum atomic E-state index is -5.19. The van der Waals surface area contributed by atoms with Gasteiger partial charge in [0.1, 0.15) is 11.7 Å². The fraction of sp³-hybridized carbons (Fsp3) is 0.667. The van der Waals surface area contributed by atoms with Crippen LogP contribution in [0.5, 0.6) is 5.88 Å². The molecule has 0 radical (unpaired) electrons. The summed E-state index contributed by atoms with van der Waals surface area (Å²) in [5, 5.41) is 0. The van der Waals surface area contributed by atoms with Gasteiger partial charge >= 0.3 is 18.4 Å². The van der Waals surface area contributed by atoms with Crippen molar-refractivity contribution in [3.05, 3.63) is 23.4 Å². The van der Waals surface area contributed by atoms with Crippen LogP contribution in [0.15, 0.2) is 12.3 Å². The van der Waals surface area contributed by atoms with Crippen molar-refractivity contribution in [1.82, 2.24) is 9.88 Å². The Balaban J connectivity index is 1.58. The molecule has 162 valence electrons. The van der Waals surface area contributed by atoms with Gasteiger partial charge < -0.3 is 14.4 Å². The molecule has 29 heavy (non-hydrogen) atoms. The second-order valence-corrected chi connectivity index (χ2v) is 8.55. The molecule has 2 heterocycles. The number of hydrogen-bond acceptors (Lipinski definition) is 4. The summed E-state index contributed by atoms with van der Waals surface area (Å²) >= 11 is 0. The van der Waals surface area contributed by atoms with Crippen LogP contribution in [-0.2, 0) is 17.1 Å². The summed E-state index contributed by atoms with van der Waals surface area (Å²) in [5.74, 6) is -0.506. The molecule has 0 unspecified atom stereocenters. The van der Waals surface area contributed by atoms with Crippen LogP contribution in [-0.4, -0.2) is 40.8 Å². The van der Waals surface area contributed by atoms with E-state index in [1.807, 2.05) is 0 Å². The van der Waals surface area contributed by atoms with Crippen molar-refractivity contribution < 1.29 is 40.6 Å². The van der Waals surface area contributed by atoms with Gasteiger partial charge in [0.2, 0.25) is 5.88 Å². The van der Waals surface area contributed by atoms with Crippen molar-refractivity contribution in [2.75, 3.05) is 13.1 Å². The fourth-order valence-corrected chi connectivity index (χ4v) is 3.60. The smallest absolute Gasteiger partial charge is 0.418 e. The van der Waals surface area contributed by atoms with Gasteiger partial charge in [-0.2, -0.15) is 26.3 Å². The monoisotopic (exact) mass is 426 g/mol. The number of alkyl halides is 6. The van der Waals surface area contributed by atoms with Crippen LogP contribution in [0.3, 0.4) is 0 Å². The van der Waals surface area contributed by atoms with Gasteiger partial charge in [-0.25, -0.2) is 9.78 Å². The minimum absolute atomic E-state index is 0.139. The molecule has 1 aliphatic heterocycles. The van der Waals surface area contributed by atoms with Crippen molar-refractivity contribution in [3.63, 3.8) is 0 Å². The lowest BCUT2D eigenvalue weighted by Crippen LogP contribution is -2.66. The van der Waals surface area contributed by atoms with Gasteiger partial charge in [-0.1, -0.05) is 0 Å². The molecule has 2 fully saturated rings. The van der Waals surface area contributed by atoms with E-state index in [1.54, 1.807) is 20.8 Å². The quantitative estimate of drug-likeness (QED) is 0.632. The average molecular weight is 426 g/mol. The molecule has 1 aliphatic carbocycles. The number of hydrogen-bond donors (Lipinski definition) is 0. The molecule has 1 spiro atoms. The summed E-state index contributed by atoms with van der Waals surface area (Å²) in [6, 6.07) is 0.279. The number of carbonyl (C=O) groups excluding carboxylic acids is 1. The van der Waals surface area contributed by atoms with E-state index in [-0.39, 0.29) is 17.7 Å². The fourth-order valence-electron chi connectivity index (χ4n) is 3.60. The zero-order chi connectivity index (χ0) is 21.8. The Hall–Kier alpha value is -2.20. The van der Waals surface area contributed by atoms with Gasteiger partial charge in [-0.15, -0.1) is 0 Å². The van der Waals surface area contributed by atoms with Crippen LogP contribution in [0.1, 0.15) is 44.7 Å². The first-order valence-corrected chi connectivity index (χ1v) is 8.87. The predicted octanol–water partition coefficient (Wildman–Crippen LogP) is 4.90. The summed E-state index contributed by atoms with van der Waals surface area (Å²) in [7, 11) is 0. The molecular formula is C18H20F6N2O3. The highest BCUT2D eigenvalue weighted by Gasteiger charge is 2.55. The summed E-state index contributed by atoms with van der Waals surface area (Å²) in [4.78, 5) is 16.9. The minimum Gasteiger partial charge on any atom is -0.474 e. The van der Waals surface area contributed by atoms with E-state index < -0.39 is 47.2 Å². The molecule has 1 saturated carbocycles. The molecule has 1 saturated heterocycles. The summed E-state index contributed by atoms with van der Waals surface area (Å²) in [6.45, 7) is 6.13. The zero-order valence-corrected chi connectivity index (χ0v) is 15.9. The number of amides is 1. The van der Waals surface area contributed by atoms with E-state index in [1.165, 1.54) is 4.90 Å². The van der Waals surface area contributed by atoms with Crippen LogP contribution in [0.4, 0.5) is 31.1 Å². The van der Waals surface area contributed by atoms with Crippen molar-refractivity contribution in [2.24, 2.45) is 5.41 Å². The number of halogens is 6. The topological polar surface area (TPSA) is 51.7 Å². The Bertz CT molecular complexity index is 786. The first kappa shape index (κ1) is 21.5. The number of likely N-dealkylation sites (tertiary alicyclic amines) is 1. The third-order valence-electron chi connectivity index (χ3n) is 4.80. The van der Waals surface area contributed by atoms with E-state index in [4.69, 9.17) is 9.47 Å². The predicted molar refractivity (Wildman–Crippen MR) is 88.1 cm³/mol. The van der Waals surface area contributed by atoms with Gasteiger partial charge in [0.25, 0.3) is 0 Å². The Morgan fingerprint density at radius 1 is 1.07 bits per heavy atom. The van der Waals surface area contributed by atoms with Gasteiger partial charge in [0.05, 0.1) is 11.1 Å². The van der Waals surface area contributed by atoms with Crippen molar-refractivity contribution in [2.45, 2.75) is 57.7 Å². The molecule has 0 atom stereocenters. The van der Waals surface area contributed by atoms with Gasteiger partial charge in [-0.3, -0.25) is 0 Å². The molecular weight excluding hydrogens is 406 g/mol. The van der Waals surface area contributed by atoms with E-state index in [0.29, 0.717) is 25.9 Å². The van der Waals surface area contributed by atoms with Crippen molar-refractivity contribution in [1.29, 1.82) is 0 Å². The molecule has 1 aromatic rings. The van der Waals surface area contributed by atoms with Gasteiger partial charge in [0.15, 0.2) is 0 Å². The zero-order valence-electron chi connectivity index (χ0n) is 15.9.